The van der Waals surface area contributed by atoms with Crippen LogP contribution in [0.1, 0.15) is 24.4 Å². The van der Waals surface area contributed by atoms with Gasteiger partial charge in [-0.2, -0.15) is 4.98 Å². The third kappa shape index (κ3) is 6.95. The number of hydrogen-bond acceptors (Lipinski definition) is 7. The first-order chi connectivity index (χ1) is 15.3. The van der Waals surface area contributed by atoms with Gasteiger partial charge in [0.25, 0.3) is 5.89 Å². The van der Waals surface area contributed by atoms with Gasteiger partial charge in [0.05, 0.1) is 5.69 Å². The predicted molar refractivity (Wildman–Crippen MR) is 134 cm³/mol. The topological polar surface area (TPSA) is 104 Å². The van der Waals surface area contributed by atoms with E-state index in [-0.39, 0.29) is 24.0 Å². The summed E-state index contributed by atoms with van der Waals surface area (Å²) in [7, 11) is 1.79. The lowest BCUT2D eigenvalue weighted by atomic mass is 10.0. The molecule has 0 spiro atoms. The molecule has 10 heteroatoms. The maximum absolute atomic E-state index is 5.30. The van der Waals surface area contributed by atoms with Gasteiger partial charge in [-0.1, -0.05) is 17.3 Å². The molecule has 1 fully saturated rings. The highest BCUT2D eigenvalue weighted by Crippen LogP contribution is 2.14. The van der Waals surface area contributed by atoms with Gasteiger partial charge in [0.15, 0.2) is 11.8 Å². The molecular formula is C22H29IN8O. The molecule has 3 aromatic heterocycles. The van der Waals surface area contributed by atoms with Gasteiger partial charge >= 0.3 is 0 Å². The lowest BCUT2D eigenvalue weighted by molar-refractivity contribution is 0.196. The summed E-state index contributed by atoms with van der Waals surface area (Å²) in [6.45, 7) is 3.67. The first kappa shape index (κ1) is 24.1. The molecule has 0 unspecified atom stereocenters. The number of pyridine rings is 2. The van der Waals surface area contributed by atoms with E-state index in [4.69, 9.17) is 4.52 Å². The second kappa shape index (κ2) is 12.4. The minimum Gasteiger partial charge on any atom is -0.356 e. The number of nitrogens with one attached hydrogen (secondary N) is 2. The van der Waals surface area contributed by atoms with Crippen molar-refractivity contribution in [2.45, 2.75) is 31.8 Å². The fraction of sp³-hybridized carbons (Fsp3) is 0.409. The zero-order valence-electron chi connectivity index (χ0n) is 18.1. The summed E-state index contributed by atoms with van der Waals surface area (Å²) in [5.41, 5.74) is 1.81. The molecule has 2 N–H and O–H groups in total. The fourth-order valence-corrected chi connectivity index (χ4v) is 3.59. The number of nitrogens with zero attached hydrogens (tertiary/aromatic N) is 6. The molecule has 0 saturated carbocycles. The summed E-state index contributed by atoms with van der Waals surface area (Å²) in [6.07, 6.45) is 6.35. The fourth-order valence-electron chi connectivity index (χ4n) is 3.59. The van der Waals surface area contributed by atoms with Crippen LogP contribution in [0.4, 0.5) is 0 Å². The van der Waals surface area contributed by atoms with Gasteiger partial charge in [0.1, 0.15) is 5.69 Å². The Morgan fingerprint density at radius 2 is 1.91 bits per heavy atom. The summed E-state index contributed by atoms with van der Waals surface area (Å²) in [5, 5.41) is 10.9. The Labute approximate surface area is 205 Å². The van der Waals surface area contributed by atoms with Crippen LogP contribution in [-0.2, 0) is 13.0 Å². The van der Waals surface area contributed by atoms with E-state index in [1.807, 2.05) is 36.5 Å². The van der Waals surface area contributed by atoms with Crippen molar-refractivity contribution < 1.29 is 4.52 Å². The van der Waals surface area contributed by atoms with Crippen LogP contribution in [0.15, 0.2) is 58.3 Å². The summed E-state index contributed by atoms with van der Waals surface area (Å²) in [5.74, 6) is 1.89. The average molecular weight is 548 g/mol. The number of rotatable bonds is 7. The maximum Gasteiger partial charge on any atom is 0.276 e. The monoisotopic (exact) mass is 548 g/mol. The van der Waals surface area contributed by atoms with Crippen LogP contribution in [0.5, 0.6) is 0 Å². The summed E-state index contributed by atoms with van der Waals surface area (Å²) in [6, 6.07) is 12.1. The first-order valence-corrected chi connectivity index (χ1v) is 10.6. The summed E-state index contributed by atoms with van der Waals surface area (Å²) >= 11 is 0. The third-order valence-electron chi connectivity index (χ3n) is 5.26. The first-order valence-electron chi connectivity index (χ1n) is 10.6. The quantitative estimate of drug-likeness (QED) is 0.264. The number of hydrogen-bond donors (Lipinski definition) is 2. The number of likely N-dealkylation sites (tertiary alicyclic amines) is 1. The van der Waals surface area contributed by atoms with Gasteiger partial charge in [-0.3, -0.25) is 19.9 Å². The Kier molecular flexibility index (Phi) is 9.35. The number of piperidine rings is 1. The van der Waals surface area contributed by atoms with E-state index in [9.17, 15) is 0 Å². The number of halogens is 1. The average Bonchev–Trinajstić information content (AvgIpc) is 3.30. The van der Waals surface area contributed by atoms with Crippen molar-refractivity contribution in [3.8, 4) is 11.6 Å². The molecule has 9 nitrogen and oxygen atoms in total. The maximum atomic E-state index is 5.30. The van der Waals surface area contributed by atoms with E-state index in [1.54, 1.807) is 13.2 Å². The Morgan fingerprint density at radius 1 is 1.12 bits per heavy atom. The molecule has 32 heavy (non-hydrogen) atoms. The van der Waals surface area contributed by atoms with E-state index in [2.05, 4.69) is 46.7 Å². The number of aromatic nitrogens is 4. The van der Waals surface area contributed by atoms with E-state index in [0.717, 1.165) is 44.1 Å². The van der Waals surface area contributed by atoms with Crippen LogP contribution in [0, 0.1) is 0 Å². The standard InChI is InChI=1S/C22H28N8O.HI/c1-23-22(26-13-8-20-28-21(31-29-20)19-7-3-5-12-25-19)27-17-9-14-30(15-10-17)16-18-6-2-4-11-24-18;/h2-7,11-12,17H,8-10,13-16H2,1H3,(H2,23,26,27);1H. The molecule has 170 valence electrons. The highest BCUT2D eigenvalue weighted by molar-refractivity contribution is 14.0. The largest absolute Gasteiger partial charge is 0.356 e. The zero-order valence-corrected chi connectivity index (χ0v) is 20.5. The van der Waals surface area contributed by atoms with Gasteiger partial charge < -0.3 is 15.2 Å². The Hall–Kier alpha value is -2.60. The van der Waals surface area contributed by atoms with E-state index in [1.165, 1.54) is 0 Å². The second-order valence-electron chi connectivity index (χ2n) is 7.50. The lowest BCUT2D eigenvalue weighted by Gasteiger charge is -2.32. The predicted octanol–water partition coefficient (Wildman–Crippen LogP) is 2.52. The SMILES string of the molecule is CN=C(NCCc1noc(-c2ccccn2)n1)NC1CCN(Cc2ccccn2)CC1.I. The van der Waals surface area contributed by atoms with Gasteiger partial charge in [-0.25, -0.2) is 0 Å². The zero-order chi connectivity index (χ0) is 21.3. The molecule has 4 rings (SSSR count). The minimum atomic E-state index is 0. The molecule has 3 aromatic rings. The highest BCUT2D eigenvalue weighted by atomic mass is 127. The van der Waals surface area contributed by atoms with Crippen LogP contribution in [0.2, 0.25) is 0 Å². The van der Waals surface area contributed by atoms with Crippen molar-refractivity contribution in [2.24, 2.45) is 4.99 Å². The van der Waals surface area contributed by atoms with Crippen LogP contribution >= 0.6 is 24.0 Å². The van der Waals surface area contributed by atoms with Crippen LogP contribution in [-0.4, -0.2) is 63.7 Å². The highest BCUT2D eigenvalue weighted by Gasteiger charge is 2.20. The molecule has 0 bridgehead atoms. The summed E-state index contributed by atoms with van der Waals surface area (Å²) < 4.78 is 5.30. The molecule has 0 aliphatic carbocycles. The Bertz CT molecular complexity index is 958. The van der Waals surface area contributed by atoms with Gasteiger partial charge in [0.2, 0.25) is 0 Å². The third-order valence-corrected chi connectivity index (χ3v) is 5.26. The summed E-state index contributed by atoms with van der Waals surface area (Å²) in [4.78, 5) is 19.9. The van der Waals surface area contributed by atoms with Crippen molar-refractivity contribution in [1.29, 1.82) is 0 Å². The molecule has 0 radical (unpaired) electrons. The smallest absolute Gasteiger partial charge is 0.276 e. The molecule has 4 heterocycles. The van der Waals surface area contributed by atoms with Gasteiger partial charge in [-0.05, 0) is 37.1 Å². The normalized spacial score (nSPS) is 15.2. The van der Waals surface area contributed by atoms with Crippen LogP contribution < -0.4 is 10.6 Å². The Morgan fingerprint density at radius 3 is 2.59 bits per heavy atom. The van der Waals surface area contributed by atoms with Crippen molar-refractivity contribution in [3.05, 3.63) is 60.3 Å². The Balaban J connectivity index is 0.00000289. The lowest BCUT2D eigenvalue weighted by Crippen LogP contribution is -2.48. The van der Waals surface area contributed by atoms with Crippen molar-refractivity contribution in [1.82, 2.24) is 35.6 Å². The molecule has 1 aliphatic rings. The molecule has 0 aromatic carbocycles. The van der Waals surface area contributed by atoms with Crippen LogP contribution in [0.3, 0.4) is 0 Å². The van der Waals surface area contributed by atoms with Crippen molar-refractivity contribution >= 4 is 29.9 Å². The second-order valence-corrected chi connectivity index (χ2v) is 7.50. The molecule has 0 atom stereocenters. The molecule has 1 saturated heterocycles. The van der Waals surface area contributed by atoms with E-state index >= 15 is 0 Å². The van der Waals surface area contributed by atoms with Crippen molar-refractivity contribution in [2.75, 3.05) is 26.7 Å². The van der Waals surface area contributed by atoms with Crippen molar-refractivity contribution in [3.63, 3.8) is 0 Å². The number of guanidine groups is 1. The van der Waals surface area contributed by atoms with Gasteiger partial charge in [0, 0.05) is 58.1 Å². The molecule has 0 amide bonds. The molecular weight excluding hydrogens is 519 g/mol. The number of aliphatic imine (C=N–C) groups is 1. The van der Waals surface area contributed by atoms with Crippen LogP contribution in [0.25, 0.3) is 11.6 Å². The van der Waals surface area contributed by atoms with E-state index < -0.39 is 0 Å². The minimum absolute atomic E-state index is 0. The van der Waals surface area contributed by atoms with Gasteiger partial charge in [-0.15, -0.1) is 24.0 Å². The van der Waals surface area contributed by atoms with E-state index in [0.29, 0.717) is 36.4 Å². The molecule has 1 aliphatic heterocycles.